The van der Waals surface area contributed by atoms with Gasteiger partial charge in [-0.25, -0.2) is 0 Å². The van der Waals surface area contributed by atoms with Gasteiger partial charge in [0.05, 0.1) is 5.54 Å². The summed E-state index contributed by atoms with van der Waals surface area (Å²) >= 11 is 0. The lowest BCUT2D eigenvalue weighted by Crippen LogP contribution is -2.52. The van der Waals surface area contributed by atoms with Crippen molar-refractivity contribution in [1.82, 2.24) is 15.5 Å². The van der Waals surface area contributed by atoms with Crippen molar-refractivity contribution in [2.24, 2.45) is 5.92 Å². The summed E-state index contributed by atoms with van der Waals surface area (Å²) in [6, 6.07) is 0.875. The van der Waals surface area contributed by atoms with Crippen molar-refractivity contribution < 1.29 is 4.79 Å². The zero-order valence-corrected chi connectivity index (χ0v) is 11.4. The Morgan fingerprint density at radius 1 is 1.44 bits per heavy atom. The van der Waals surface area contributed by atoms with E-state index in [-0.39, 0.29) is 11.4 Å². The molecule has 18 heavy (non-hydrogen) atoms. The molecule has 3 fully saturated rings. The van der Waals surface area contributed by atoms with E-state index in [0.29, 0.717) is 5.92 Å². The van der Waals surface area contributed by atoms with Crippen LogP contribution < -0.4 is 10.6 Å². The number of carbonyl (C=O) groups excluding carboxylic acids is 1. The first-order chi connectivity index (χ1) is 8.67. The molecular formula is C14H25N3O. The molecule has 0 spiro atoms. The van der Waals surface area contributed by atoms with Crippen molar-refractivity contribution in [2.45, 2.75) is 50.6 Å². The van der Waals surface area contributed by atoms with Crippen LogP contribution in [-0.4, -0.2) is 48.6 Å². The zero-order valence-electron chi connectivity index (χ0n) is 11.4. The van der Waals surface area contributed by atoms with E-state index in [1.54, 1.807) is 0 Å². The highest BCUT2D eigenvalue weighted by Crippen LogP contribution is 2.31. The molecule has 0 aromatic rings. The van der Waals surface area contributed by atoms with Crippen LogP contribution >= 0.6 is 0 Å². The summed E-state index contributed by atoms with van der Waals surface area (Å²) in [5.74, 6) is 0.865. The van der Waals surface area contributed by atoms with Crippen molar-refractivity contribution >= 4 is 5.91 Å². The topological polar surface area (TPSA) is 44.4 Å². The summed E-state index contributed by atoms with van der Waals surface area (Å²) in [6.07, 6.45) is 6.11. The number of likely N-dealkylation sites (tertiary alicyclic amines) is 1. The first kappa shape index (κ1) is 12.4. The van der Waals surface area contributed by atoms with Crippen LogP contribution in [0.4, 0.5) is 0 Å². The summed E-state index contributed by atoms with van der Waals surface area (Å²) in [7, 11) is 0. The second-order valence-electron chi connectivity index (χ2n) is 6.45. The van der Waals surface area contributed by atoms with Gasteiger partial charge in [0.2, 0.25) is 5.91 Å². The van der Waals surface area contributed by atoms with E-state index in [1.807, 2.05) is 6.92 Å². The van der Waals surface area contributed by atoms with Crippen molar-refractivity contribution in [1.29, 1.82) is 0 Å². The Hall–Kier alpha value is -0.610. The lowest BCUT2D eigenvalue weighted by atomic mass is 9.99. The first-order valence-corrected chi connectivity index (χ1v) is 7.45. The summed E-state index contributed by atoms with van der Waals surface area (Å²) in [5, 5.41) is 6.48. The van der Waals surface area contributed by atoms with Gasteiger partial charge in [-0.2, -0.15) is 0 Å². The minimum Gasteiger partial charge on any atom is -0.354 e. The van der Waals surface area contributed by atoms with E-state index < -0.39 is 0 Å². The molecule has 2 heterocycles. The molecular weight excluding hydrogens is 226 g/mol. The Labute approximate surface area is 109 Å². The normalized spacial score (nSPS) is 37.1. The Kier molecular flexibility index (Phi) is 3.32. The number of amides is 1. The fourth-order valence-electron chi connectivity index (χ4n) is 3.32. The average molecular weight is 251 g/mol. The van der Waals surface area contributed by atoms with Crippen molar-refractivity contribution in [3.05, 3.63) is 0 Å². The summed E-state index contributed by atoms with van der Waals surface area (Å²) in [5.41, 5.74) is -0.311. The van der Waals surface area contributed by atoms with Gasteiger partial charge in [-0.1, -0.05) is 0 Å². The van der Waals surface area contributed by atoms with Crippen molar-refractivity contribution in [2.75, 3.05) is 26.2 Å². The van der Waals surface area contributed by atoms with Crippen LogP contribution in [0.25, 0.3) is 0 Å². The maximum atomic E-state index is 12.2. The summed E-state index contributed by atoms with van der Waals surface area (Å²) in [6.45, 7) is 6.29. The van der Waals surface area contributed by atoms with Crippen LogP contribution in [0.2, 0.25) is 0 Å². The van der Waals surface area contributed by atoms with E-state index in [9.17, 15) is 4.79 Å². The molecule has 4 nitrogen and oxygen atoms in total. The third-order valence-electron chi connectivity index (χ3n) is 4.80. The van der Waals surface area contributed by atoms with Crippen LogP contribution in [0, 0.1) is 5.92 Å². The molecule has 2 unspecified atom stereocenters. The summed E-state index contributed by atoms with van der Waals surface area (Å²) < 4.78 is 0. The third-order valence-corrected chi connectivity index (χ3v) is 4.80. The summed E-state index contributed by atoms with van der Waals surface area (Å²) in [4.78, 5) is 14.8. The fourth-order valence-corrected chi connectivity index (χ4v) is 3.32. The molecule has 2 atom stereocenters. The van der Waals surface area contributed by atoms with E-state index in [1.165, 1.54) is 32.4 Å². The van der Waals surface area contributed by atoms with Gasteiger partial charge in [-0.15, -0.1) is 0 Å². The van der Waals surface area contributed by atoms with Crippen molar-refractivity contribution in [3.8, 4) is 0 Å². The number of nitrogens with one attached hydrogen (secondary N) is 2. The smallest absolute Gasteiger partial charge is 0.240 e. The molecule has 1 saturated carbocycles. The monoisotopic (exact) mass is 251 g/mol. The molecule has 0 bridgehead atoms. The molecule has 0 radical (unpaired) electrons. The van der Waals surface area contributed by atoms with Gasteiger partial charge in [-0.05, 0) is 58.0 Å². The van der Waals surface area contributed by atoms with Gasteiger partial charge < -0.3 is 15.5 Å². The second kappa shape index (κ2) is 4.82. The standard InChI is InChI=1S/C14H25N3O/c1-14(6-2-7-16-14)13(18)15-9-11-5-8-17(10-11)12-3-4-12/h11-12,16H,2-10H2,1H3,(H,15,18). The number of carbonyl (C=O) groups is 1. The lowest BCUT2D eigenvalue weighted by Gasteiger charge is -2.24. The molecule has 0 aromatic heterocycles. The van der Waals surface area contributed by atoms with E-state index >= 15 is 0 Å². The van der Waals surface area contributed by atoms with Gasteiger partial charge in [0.25, 0.3) is 0 Å². The molecule has 3 aliphatic rings. The molecule has 2 saturated heterocycles. The predicted molar refractivity (Wildman–Crippen MR) is 71.4 cm³/mol. The van der Waals surface area contributed by atoms with E-state index in [2.05, 4.69) is 15.5 Å². The van der Waals surface area contributed by atoms with Gasteiger partial charge in [0.15, 0.2) is 0 Å². The fraction of sp³-hybridized carbons (Fsp3) is 0.929. The minimum absolute atomic E-state index is 0.199. The largest absolute Gasteiger partial charge is 0.354 e. The SMILES string of the molecule is CC1(C(=O)NCC2CCN(C3CC3)C2)CCCN1. The van der Waals surface area contributed by atoms with Gasteiger partial charge in [-0.3, -0.25) is 4.79 Å². The van der Waals surface area contributed by atoms with Crippen molar-refractivity contribution in [3.63, 3.8) is 0 Å². The number of rotatable bonds is 4. The van der Waals surface area contributed by atoms with Gasteiger partial charge in [0.1, 0.15) is 0 Å². The third kappa shape index (κ3) is 2.54. The minimum atomic E-state index is -0.311. The van der Waals surface area contributed by atoms with Crippen LogP contribution in [0.5, 0.6) is 0 Å². The van der Waals surface area contributed by atoms with Gasteiger partial charge >= 0.3 is 0 Å². The Morgan fingerprint density at radius 2 is 2.28 bits per heavy atom. The number of nitrogens with zero attached hydrogens (tertiary/aromatic N) is 1. The van der Waals surface area contributed by atoms with E-state index in [0.717, 1.165) is 32.0 Å². The van der Waals surface area contributed by atoms with Crippen LogP contribution in [0.3, 0.4) is 0 Å². The highest BCUT2D eigenvalue weighted by atomic mass is 16.2. The number of hydrogen-bond acceptors (Lipinski definition) is 3. The molecule has 1 amide bonds. The first-order valence-electron chi connectivity index (χ1n) is 7.45. The quantitative estimate of drug-likeness (QED) is 0.774. The highest BCUT2D eigenvalue weighted by molar-refractivity contribution is 5.86. The molecule has 3 rings (SSSR count). The number of hydrogen-bond donors (Lipinski definition) is 2. The van der Waals surface area contributed by atoms with Crippen LogP contribution in [-0.2, 0) is 4.79 Å². The molecule has 4 heteroatoms. The Morgan fingerprint density at radius 3 is 2.94 bits per heavy atom. The maximum absolute atomic E-state index is 12.2. The van der Waals surface area contributed by atoms with Crippen LogP contribution in [0.1, 0.15) is 39.0 Å². The molecule has 2 aliphatic heterocycles. The zero-order chi connectivity index (χ0) is 12.6. The maximum Gasteiger partial charge on any atom is 0.240 e. The molecule has 2 N–H and O–H groups in total. The predicted octanol–water partition coefficient (Wildman–Crippen LogP) is 0.729. The Balaban J connectivity index is 1.42. The molecule has 102 valence electrons. The lowest BCUT2D eigenvalue weighted by molar-refractivity contribution is -0.126. The highest BCUT2D eigenvalue weighted by Gasteiger charge is 2.37. The molecule has 1 aliphatic carbocycles. The average Bonchev–Trinajstić information content (AvgIpc) is 2.94. The Bertz CT molecular complexity index is 321. The van der Waals surface area contributed by atoms with Gasteiger partial charge in [0, 0.05) is 19.1 Å². The second-order valence-corrected chi connectivity index (χ2v) is 6.45. The van der Waals surface area contributed by atoms with E-state index in [4.69, 9.17) is 0 Å². The van der Waals surface area contributed by atoms with Crippen LogP contribution in [0.15, 0.2) is 0 Å². The molecule has 0 aromatic carbocycles.